The Hall–Kier alpha value is -0.780. The molecule has 0 bridgehead atoms. The Morgan fingerprint density at radius 3 is 2.58 bits per heavy atom. The van der Waals surface area contributed by atoms with E-state index in [4.69, 9.17) is 0 Å². The summed E-state index contributed by atoms with van der Waals surface area (Å²) in [5.41, 5.74) is 2.73. The van der Waals surface area contributed by atoms with Crippen LogP contribution in [-0.2, 0) is 0 Å². The molecule has 0 N–H and O–H groups in total. The van der Waals surface area contributed by atoms with E-state index in [1.165, 1.54) is 44.9 Å². The summed E-state index contributed by atoms with van der Waals surface area (Å²) in [5, 5.41) is 0. The molecule has 0 radical (unpaired) electrons. The first-order valence-corrected chi connectivity index (χ1v) is 11.4. The van der Waals surface area contributed by atoms with Gasteiger partial charge in [0, 0.05) is 0 Å². The lowest BCUT2D eigenvalue weighted by Gasteiger charge is -2.57. The molecule has 0 aromatic heterocycles. The van der Waals surface area contributed by atoms with Crippen LogP contribution in [0.3, 0.4) is 0 Å². The maximum Gasteiger partial charge on any atom is -0.00445 e. The van der Waals surface area contributed by atoms with Crippen LogP contribution >= 0.6 is 0 Å². The molecule has 26 heavy (non-hydrogen) atoms. The van der Waals surface area contributed by atoms with Gasteiger partial charge in [-0.15, -0.1) is 0 Å². The van der Waals surface area contributed by atoms with Gasteiger partial charge in [-0.2, -0.15) is 0 Å². The van der Waals surface area contributed by atoms with E-state index in [0.29, 0.717) is 16.7 Å². The minimum Gasteiger partial charge on any atom is -0.0857 e. The van der Waals surface area contributed by atoms with Crippen molar-refractivity contribution in [3.05, 3.63) is 36.0 Å². The Morgan fingerprint density at radius 1 is 1.00 bits per heavy atom. The van der Waals surface area contributed by atoms with Crippen LogP contribution in [0.25, 0.3) is 0 Å². The van der Waals surface area contributed by atoms with Gasteiger partial charge in [0.25, 0.3) is 0 Å². The van der Waals surface area contributed by atoms with Crippen LogP contribution in [0.5, 0.6) is 0 Å². The maximum atomic E-state index is 2.67. The molecule has 0 heterocycles. The normalized spacial score (nSPS) is 46.0. The lowest BCUT2D eigenvalue weighted by atomic mass is 9.47. The average molecular weight is 353 g/mol. The number of hydrogen-bond donors (Lipinski definition) is 0. The molecular formula is C26H40. The molecule has 2 saturated carbocycles. The fraction of sp³-hybridized carbons (Fsp3) is 0.769. The summed E-state index contributed by atoms with van der Waals surface area (Å²) in [5.74, 6) is 5.16. The third-order valence-electron chi connectivity index (χ3n) is 9.16. The number of allylic oxidation sites excluding steroid dienone is 6. The first-order valence-electron chi connectivity index (χ1n) is 11.4. The highest BCUT2D eigenvalue weighted by Crippen LogP contribution is 2.66. The monoisotopic (exact) mass is 352 g/mol. The van der Waals surface area contributed by atoms with Gasteiger partial charge in [-0.1, -0.05) is 65.0 Å². The summed E-state index contributed by atoms with van der Waals surface area (Å²) in [6.07, 6.45) is 22.4. The second kappa shape index (κ2) is 6.68. The molecule has 0 aromatic rings. The summed E-state index contributed by atoms with van der Waals surface area (Å²) in [4.78, 5) is 0. The molecule has 0 aliphatic heterocycles. The fourth-order valence-electron chi connectivity index (χ4n) is 7.74. The first-order chi connectivity index (χ1) is 12.4. The first kappa shape index (κ1) is 18.6. The van der Waals surface area contributed by atoms with Crippen LogP contribution in [-0.4, -0.2) is 0 Å². The standard InChI is InChI=1S/C26H40/c1-18(2)9-10-19(3)22-13-14-23-21-12-11-20-8-6-7-16-25(20,4)24(21)15-17-26(22,23)5/h6,8-11,18-19,21-24H,7,12-17H2,1-5H3/b10-9+/t19-,21+,22-,23+,24+,25+,26-/m1/s1. The maximum absolute atomic E-state index is 2.67. The Kier molecular flexibility index (Phi) is 4.77. The zero-order valence-electron chi connectivity index (χ0n) is 17.8. The average Bonchev–Trinajstić information content (AvgIpc) is 2.96. The SMILES string of the molecule is CC(C)/C=C/[C@@H](C)[C@H]1CC[C@H]2[C@@H]3CC=C4C=CCC[C@]4(C)[C@H]3CC[C@]12C. The summed E-state index contributed by atoms with van der Waals surface area (Å²) in [7, 11) is 0. The van der Waals surface area contributed by atoms with Crippen molar-refractivity contribution in [1.29, 1.82) is 0 Å². The van der Waals surface area contributed by atoms with E-state index >= 15 is 0 Å². The highest BCUT2D eigenvalue weighted by atomic mass is 14.6. The minimum atomic E-state index is 0.472. The van der Waals surface area contributed by atoms with E-state index < -0.39 is 0 Å². The molecule has 4 aliphatic carbocycles. The lowest BCUT2D eigenvalue weighted by Crippen LogP contribution is -2.49. The molecule has 7 atom stereocenters. The van der Waals surface area contributed by atoms with Gasteiger partial charge < -0.3 is 0 Å². The zero-order chi connectivity index (χ0) is 18.5. The molecule has 0 spiro atoms. The van der Waals surface area contributed by atoms with E-state index in [1.54, 1.807) is 5.57 Å². The van der Waals surface area contributed by atoms with Crippen molar-refractivity contribution in [1.82, 2.24) is 0 Å². The van der Waals surface area contributed by atoms with Crippen molar-refractivity contribution in [2.75, 3.05) is 0 Å². The summed E-state index contributed by atoms with van der Waals surface area (Å²) in [6, 6.07) is 0. The third kappa shape index (κ3) is 2.78. The molecule has 4 rings (SSSR count). The zero-order valence-corrected chi connectivity index (χ0v) is 17.8. The summed E-state index contributed by atoms with van der Waals surface area (Å²) >= 11 is 0. The number of fused-ring (bicyclic) bond motifs is 5. The van der Waals surface area contributed by atoms with Gasteiger partial charge in [0.05, 0.1) is 0 Å². The van der Waals surface area contributed by atoms with E-state index in [-0.39, 0.29) is 0 Å². The molecule has 0 nitrogen and oxygen atoms in total. The van der Waals surface area contributed by atoms with E-state index in [1.807, 2.05) is 0 Å². The predicted octanol–water partition coefficient (Wildman–Crippen LogP) is 7.58. The van der Waals surface area contributed by atoms with Crippen LogP contribution in [0.1, 0.15) is 79.6 Å². The van der Waals surface area contributed by atoms with Crippen molar-refractivity contribution in [2.24, 2.45) is 46.3 Å². The Bertz CT molecular complexity index is 620. The fourth-order valence-corrected chi connectivity index (χ4v) is 7.74. The van der Waals surface area contributed by atoms with E-state index in [9.17, 15) is 0 Å². The highest BCUT2D eigenvalue weighted by molar-refractivity contribution is 5.34. The molecule has 0 saturated heterocycles. The quantitative estimate of drug-likeness (QED) is 0.459. The van der Waals surface area contributed by atoms with Gasteiger partial charge in [0.2, 0.25) is 0 Å². The van der Waals surface area contributed by atoms with Crippen LogP contribution in [0.2, 0.25) is 0 Å². The van der Waals surface area contributed by atoms with Gasteiger partial charge in [-0.05, 0) is 96.9 Å². The smallest absolute Gasteiger partial charge is 0.00445 e. The van der Waals surface area contributed by atoms with Crippen molar-refractivity contribution in [3.63, 3.8) is 0 Å². The molecule has 0 unspecified atom stereocenters. The van der Waals surface area contributed by atoms with Crippen LogP contribution in [0.4, 0.5) is 0 Å². The van der Waals surface area contributed by atoms with Crippen molar-refractivity contribution >= 4 is 0 Å². The minimum absolute atomic E-state index is 0.472. The number of hydrogen-bond acceptors (Lipinski definition) is 0. The number of rotatable bonds is 3. The molecule has 0 heteroatoms. The van der Waals surface area contributed by atoms with Crippen LogP contribution < -0.4 is 0 Å². The van der Waals surface area contributed by atoms with Gasteiger partial charge in [0.15, 0.2) is 0 Å². The Morgan fingerprint density at radius 2 is 1.81 bits per heavy atom. The third-order valence-corrected chi connectivity index (χ3v) is 9.16. The van der Waals surface area contributed by atoms with Crippen molar-refractivity contribution in [3.8, 4) is 0 Å². The molecule has 0 amide bonds. The molecule has 0 aromatic carbocycles. The van der Waals surface area contributed by atoms with E-state index in [2.05, 4.69) is 65.0 Å². The largest absolute Gasteiger partial charge is 0.0857 e. The molecule has 2 fully saturated rings. The second-order valence-corrected chi connectivity index (χ2v) is 10.8. The highest BCUT2D eigenvalue weighted by Gasteiger charge is 2.58. The molecular weight excluding hydrogens is 312 g/mol. The molecule has 4 aliphatic rings. The van der Waals surface area contributed by atoms with Crippen LogP contribution in [0, 0.1) is 46.3 Å². The van der Waals surface area contributed by atoms with E-state index in [0.717, 1.165) is 29.6 Å². The summed E-state index contributed by atoms with van der Waals surface area (Å²) < 4.78 is 0. The lowest BCUT2D eigenvalue weighted by molar-refractivity contribution is -0.0410. The predicted molar refractivity (Wildman–Crippen MR) is 113 cm³/mol. The van der Waals surface area contributed by atoms with Gasteiger partial charge in [0.1, 0.15) is 0 Å². The van der Waals surface area contributed by atoms with Crippen molar-refractivity contribution < 1.29 is 0 Å². The summed E-state index contributed by atoms with van der Waals surface area (Å²) in [6.45, 7) is 12.4. The Labute approximate surface area is 162 Å². The topological polar surface area (TPSA) is 0 Å². The van der Waals surface area contributed by atoms with Gasteiger partial charge in [-0.25, -0.2) is 0 Å². The van der Waals surface area contributed by atoms with Crippen LogP contribution in [0.15, 0.2) is 36.0 Å². The van der Waals surface area contributed by atoms with Gasteiger partial charge >= 0.3 is 0 Å². The van der Waals surface area contributed by atoms with Crippen molar-refractivity contribution in [2.45, 2.75) is 79.6 Å². The Balaban J connectivity index is 1.59. The second-order valence-electron chi connectivity index (χ2n) is 10.8. The molecule has 144 valence electrons. The van der Waals surface area contributed by atoms with Gasteiger partial charge in [-0.3, -0.25) is 0 Å².